The van der Waals surface area contributed by atoms with Crippen LogP contribution < -0.4 is 5.32 Å². The molecule has 0 heterocycles. The van der Waals surface area contributed by atoms with E-state index in [2.05, 4.69) is 19.2 Å². The predicted molar refractivity (Wildman–Crippen MR) is 101 cm³/mol. The highest BCUT2D eigenvalue weighted by Crippen LogP contribution is 2.16. The molecule has 144 valence electrons. The third kappa shape index (κ3) is 16.1. The fourth-order valence-electron chi connectivity index (χ4n) is 2.92. The number of hydrogen-bond acceptors (Lipinski definition) is 3. The number of ether oxygens (including phenoxy) is 1. The van der Waals surface area contributed by atoms with E-state index < -0.39 is 0 Å². The highest BCUT2D eigenvalue weighted by molar-refractivity contribution is 5.67. The summed E-state index contributed by atoms with van der Waals surface area (Å²) in [7, 11) is 0. The number of amides is 1. The van der Waals surface area contributed by atoms with E-state index in [-0.39, 0.29) is 25.3 Å². The number of aliphatic hydroxyl groups excluding tert-OH is 1. The fourth-order valence-corrected chi connectivity index (χ4v) is 2.92. The van der Waals surface area contributed by atoms with Gasteiger partial charge < -0.3 is 15.2 Å². The lowest BCUT2D eigenvalue weighted by atomic mass is 10.0. The zero-order valence-electron chi connectivity index (χ0n) is 16.2. The number of carbonyl (C=O) groups is 1. The molecule has 0 spiro atoms. The van der Waals surface area contributed by atoms with Gasteiger partial charge >= 0.3 is 6.09 Å². The van der Waals surface area contributed by atoms with Crippen molar-refractivity contribution in [1.29, 1.82) is 0 Å². The monoisotopic (exact) mass is 343 g/mol. The Kier molecular flexibility index (Phi) is 18.0. The Hall–Kier alpha value is -0.770. The molecule has 0 saturated heterocycles. The van der Waals surface area contributed by atoms with Gasteiger partial charge in [0.15, 0.2) is 0 Å². The van der Waals surface area contributed by atoms with Crippen molar-refractivity contribution >= 4 is 6.09 Å². The van der Waals surface area contributed by atoms with Gasteiger partial charge in [0.05, 0.1) is 6.61 Å². The van der Waals surface area contributed by atoms with Crippen molar-refractivity contribution in [3.63, 3.8) is 0 Å². The van der Waals surface area contributed by atoms with Crippen LogP contribution in [0.5, 0.6) is 0 Å². The summed E-state index contributed by atoms with van der Waals surface area (Å²) >= 11 is 0. The molecule has 0 aliphatic carbocycles. The van der Waals surface area contributed by atoms with Crippen LogP contribution in [0.15, 0.2) is 0 Å². The Morgan fingerprint density at radius 2 is 1.29 bits per heavy atom. The Balaban J connectivity index is 3.93. The van der Waals surface area contributed by atoms with Crippen molar-refractivity contribution in [3.8, 4) is 0 Å². The topological polar surface area (TPSA) is 58.6 Å². The van der Waals surface area contributed by atoms with Crippen molar-refractivity contribution in [2.45, 2.75) is 110 Å². The fraction of sp³-hybridized carbons (Fsp3) is 0.950. The van der Waals surface area contributed by atoms with E-state index in [9.17, 15) is 4.79 Å². The van der Waals surface area contributed by atoms with Gasteiger partial charge in [-0.1, -0.05) is 78.1 Å². The van der Waals surface area contributed by atoms with Crippen LogP contribution in [0.1, 0.15) is 104 Å². The first-order valence-corrected chi connectivity index (χ1v) is 10.3. The Bertz CT molecular complexity index is 256. The van der Waals surface area contributed by atoms with Crippen LogP contribution in [-0.2, 0) is 4.74 Å². The first-order chi connectivity index (χ1) is 11.7. The van der Waals surface area contributed by atoms with Crippen molar-refractivity contribution < 1.29 is 14.6 Å². The molecular formula is C20H41NO3. The molecule has 0 aliphatic rings. The SMILES string of the molecule is CCCCCCCCC(CCCCCCCC)OC(=O)NCCO. The summed E-state index contributed by atoms with van der Waals surface area (Å²) in [5, 5.41) is 11.4. The molecule has 4 nitrogen and oxygen atoms in total. The minimum Gasteiger partial charge on any atom is -0.446 e. The van der Waals surface area contributed by atoms with Gasteiger partial charge in [-0.3, -0.25) is 0 Å². The first kappa shape index (κ1) is 23.2. The van der Waals surface area contributed by atoms with Crippen LogP contribution in [0.3, 0.4) is 0 Å². The zero-order chi connectivity index (χ0) is 17.9. The van der Waals surface area contributed by atoms with E-state index in [0.29, 0.717) is 0 Å². The third-order valence-corrected chi connectivity index (χ3v) is 4.41. The molecule has 0 rings (SSSR count). The summed E-state index contributed by atoms with van der Waals surface area (Å²) in [5.41, 5.74) is 0. The minimum absolute atomic E-state index is 0.0287. The lowest BCUT2D eigenvalue weighted by Gasteiger charge is -2.18. The second-order valence-corrected chi connectivity index (χ2v) is 6.79. The van der Waals surface area contributed by atoms with Crippen molar-refractivity contribution in [3.05, 3.63) is 0 Å². The molecule has 0 unspecified atom stereocenters. The maximum absolute atomic E-state index is 11.7. The Labute approximate surface area is 149 Å². The quantitative estimate of drug-likeness (QED) is 0.339. The Morgan fingerprint density at radius 3 is 1.75 bits per heavy atom. The molecule has 2 N–H and O–H groups in total. The van der Waals surface area contributed by atoms with Crippen LogP contribution >= 0.6 is 0 Å². The van der Waals surface area contributed by atoms with E-state index in [0.717, 1.165) is 25.7 Å². The van der Waals surface area contributed by atoms with Gasteiger partial charge in [-0.05, 0) is 25.7 Å². The van der Waals surface area contributed by atoms with Crippen LogP contribution in [0.4, 0.5) is 4.79 Å². The van der Waals surface area contributed by atoms with Crippen molar-refractivity contribution in [2.75, 3.05) is 13.2 Å². The van der Waals surface area contributed by atoms with Crippen LogP contribution in [-0.4, -0.2) is 30.5 Å². The molecule has 1 amide bonds. The number of hydrogen-bond donors (Lipinski definition) is 2. The molecule has 0 saturated carbocycles. The smallest absolute Gasteiger partial charge is 0.407 e. The standard InChI is InChI=1S/C20H41NO3/c1-3-5-7-9-11-13-15-19(24-20(23)21-17-18-22)16-14-12-10-8-6-4-2/h19,22H,3-18H2,1-2H3,(H,21,23). The highest BCUT2D eigenvalue weighted by Gasteiger charge is 2.13. The maximum Gasteiger partial charge on any atom is 0.407 e. The lowest BCUT2D eigenvalue weighted by Crippen LogP contribution is -2.31. The molecule has 0 bridgehead atoms. The van der Waals surface area contributed by atoms with Gasteiger partial charge in [0.25, 0.3) is 0 Å². The van der Waals surface area contributed by atoms with Crippen molar-refractivity contribution in [1.82, 2.24) is 5.32 Å². The molecule has 0 aromatic rings. The van der Waals surface area contributed by atoms with Gasteiger partial charge in [0.2, 0.25) is 0 Å². The molecule has 0 radical (unpaired) electrons. The van der Waals surface area contributed by atoms with Crippen LogP contribution in [0, 0.1) is 0 Å². The maximum atomic E-state index is 11.7. The van der Waals surface area contributed by atoms with Crippen LogP contribution in [0.2, 0.25) is 0 Å². The van der Waals surface area contributed by atoms with Crippen LogP contribution in [0.25, 0.3) is 0 Å². The molecule has 24 heavy (non-hydrogen) atoms. The van der Waals surface area contributed by atoms with E-state index in [1.807, 2.05) is 0 Å². The van der Waals surface area contributed by atoms with Gasteiger partial charge in [-0.2, -0.15) is 0 Å². The second kappa shape index (κ2) is 18.6. The number of carbonyl (C=O) groups excluding carboxylic acids is 1. The summed E-state index contributed by atoms with van der Waals surface area (Å²) in [4.78, 5) is 11.7. The molecule has 0 aromatic carbocycles. The van der Waals surface area contributed by atoms with Gasteiger partial charge in [-0.15, -0.1) is 0 Å². The minimum atomic E-state index is -0.383. The summed E-state index contributed by atoms with van der Waals surface area (Å²) < 4.78 is 5.55. The molecule has 0 aromatic heterocycles. The number of alkyl carbamates (subject to hydrolysis) is 1. The highest BCUT2D eigenvalue weighted by atomic mass is 16.6. The van der Waals surface area contributed by atoms with Gasteiger partial charge in [0, 0.05) is 6.54 Å². The molecule has 0 fully saturated rings. The largest absolute Gasteiger partial charge is 0.446 e. The average molecular weight is 344 g/mol. The summed E-state index contributed by atoms with van der Waals surface area (Å²) in [5.74, 6) is 0. The number of rotatable bonds is 17. The summed E-state index contributed by atoms with van der Waals surface area (Å²) in [6.45, 7) is 4.68. The zero-order valence-corrected chi connectivity index (χ0v) is 16.2. The summed E-state index contributed by atoms with van der Waals surface area (Å²) in [6.07, 6.45) is 16.7. The van der Waals surface area contributed by atoms with Crippen molar-refractivity contribution in [2.24, 2.45) is 0 Å². The first-order valence-electron chi connectivity index (χ1n) is 10.3. The lowest BCUT2D eigenvalue weighted by molar-refractivity contribution is 0.0828. The number of nitrogens with one attached hydrogen (secondary N) is 1. The number of aliphatic hydroxyl groups is 1. The van der Waals surface area contributed by atoms with E-state index in [1.165, 1.54) is 64.2 Å². The molecule has 0 aliphatic heterocycles. The molecule has 0 atom stereocenters. The number of unbranched alkanes of at least 4 members (excludes halogenated alkanes) is 10. The van der Waals surface area contributed by atoms with Gasteiger partial charge in [0.1, 0.15) is 6.10 Å². The second-order valence-electron chi connectivity index (χ2n) is 6.79. The predicted octanol–water partition coefficient (Wildman–Crippen LogP) is 5.57. The third-order valence-electron chi connectivity index (χ3n) is 4.41. The van der Waals surface area contributed by atoms with E-state index >= 15 is 0 Å². The normalized spacial score (nSPS) is 11.0. The molecule has 4 heteroatoms. The van der Waals surface area contributed by atoms with E-state index in [4.69, 9.17) is 9.84 Å². The van der Waals surface area contributed by atoms with Gasteiger partial charge in [-0.25, -0.2) is 4.79 Å². The molecular weight excluding hydrogens is 302 g/mol. The Morgan fingerprint density at radius 1 is 0.833 bits per heavy atom. The van der Waals surface area contributed by atoms with E-state index in [1.54, 1.807) is 0 Å². The summed E-state index contributed by atoms with van der Waals surface area (Å²) in [6, 6.07) is 0. The average Bonchev–Trinajstić information content (AvgIpc) is 2.58.